The van der Waals surface area contributed by atoms with E-state index in [0.29, 0.717) is 11.4 Å². The fourth-order valence-corrected chi connectivity index (χ4v) is 3.94. The Labute approximate surface area is 115 Å². The SMILES string of the molecule is O=C(O)C12C[C@H](c3ccccc31)c1ccc(Cl)cc12. The lowest BCUT2D eigenvalue weighted by molar-refractivity contribution is -0.141. The molecule has 0 aromatic heterocycles. The molecule has 94 valence electrons. The van der Waals surface area contributed by atoms with E-state index in [0.717, 1.165) is 22.3 Å². The maximum atomic E-state index is 12.0. The molecule has 2 aliphatic rings. The van der Waals surface area contributed by atoms with Gasteiger partial charge in [-0.1, -0.05) is 41.9 Å². The predicted octanol–water partition coefficient (Wildman–Crippen LogP) is 3.56. The molecule has 0 saturated carbocycles. The minimum atomic E-state index is -0.901. The van der Waals surface area contributed by atoms with Crippen LogP contribution in [-0.2, 0) is 10.2 Å². The summed E-state index contributed by atoms with van der Waals surface area (Å²) in [4.78, 5) is 12.0. The molecule has 0 amide bonds. The fourth-order valence-electron chi connectivity index (χ4n) is 3.77. The lowest BCUT2D eigenvalue weighted by atomic mass is 9.75. The number of aliphatic carboxylic acids is 1. The first-order valence-corrected chi connectivity index (χ1v) is 6.65. The van der Waals surface area contributed by atoms with Crippen molar-refractivity contribution < 1.29 is 9.90 Å². The quantitative estimate of drug-likeness (QED) is 0.860. The van der Waals surface area contributed by atoms with Crippen LogP contribution in [0.2, 0.25) is 5.02 Å². The number of carboxylic acid groups (broad SMARTS) is 1. The summed E-state index contributed by atoms with van der Waals surface area (Å²) in [6.45, 7) is 0. The van der Waals surface area contributed by atoms with Crippen LogP contribution >= 0.6 is 11.6 Å². The molecule has 2 aromatic rings. The van der Waals surface area contributed by atoms with E-state index >= 15 is 0 Å². The third-order valence-corrected chi connectivity index (χ3v) is 4.76. The zero-order valence-electron chi connectivity index (χ0n) is 10.1. The van der Waals surface area contributed by atoms with Crippen molar-refractivity contribution in [1.82, 2.24) is 0 Å². The van der Waals surface area contributed by atoms with Gasteiger partial charge in [-0.2, -0.15) is 0 Å². The molecule has 2 aromatic carbocycles. The number of benzene rings is 2. The lowest BCUT2D eigenvalue weighted by Crippen LogP contribution is -2.33. The Kier molecular flexibility index (Phi) is 1.98. The predicted molar refractivity (Wildman–Crippen MR) is 72.8 cm³/mol. The van der Waals surface area contributed by atoms with Crippen LogP contribution < -0.4 is 0 Å². The normalized spacial score (nSPS) is 26.1. The van der Waals surface area contributed by atoms with Gasteiger partial charge in [0.2, 0.25) is 0 Å². The molecule has 0 heterocycles. The Morgan fingerprint density at radius 1 is 1.16 bits per heavy atom. The molecular weight excluding hydrogens is 260 g/mol. The first-order valence-electron chi connectivity index (χ1n) is 6.27. The Balaban J connectivity index is 2.10. The van der Waals surface area contributed by atoms with E-state index in [1.165, 1.54) is 0 Å². The molecular formula is C16H11ClO2. The van der Waals surface area contributed by atoms with Crippen molar-refractivity contribution in [2.75, 3.05) is 0 Å². The van der Waals surface area contributed by atoms with Gasteiger partial charge in [0.25, 0.3) is 0 Å². The maximum Gasteiger partial charge on any atom is 0.318 e. The van der Waals surface area contributed by atoms with Crippen LogP contribution in [0.15, 0.2) is 42.5 Å². The first kappa shape index (κ1) is 11.1. The highest BCUT2D eigenvalue weighted by Gasteiger charge is 2.57. The molecule has 0 spiro atoms. The van der Waals surface area contributed by atoms with E-state index in [-0.39, 0.29) is 5.92 Å². The molecule has 19 heavy (non-hydrogen) atoms. The molecule has 2 nitrogen and oxygen atoms in total. The number of hydrogen-bond donors (Lipinski definition) is 1. The summed E-state index contributed by atoms with van der Waals surface area (Å²) in [6, 6.07) is 13.5. The topological polar surface area (TPSA) is 37.3 Å². The summed E-state index contributed by atoms with van der Waals surface area (Å²) in [5.41, 5.74) is 3.17. The minimum Gasteiger partial charge on any atom is -0.480 e. The Bertz CT molecular complexity index is 722. The Morgan fingerprint density at radius 2 is 1.89 bits per heavy atom. The molecule has 1 N–H and O–H groups in total. The van der Waals surface area contributed by atoms with Gasteiger partial charge in [0.15, 0.2) is 0 Å². The molecule has 2 aliphatic carbocycles. The highest BCUT2D eigenvalue weighted by atomic mass is 35.5. The number of fused-ring (bicyclic) bond motifs is 8. The first-order chi connectivity index (χ1) is 9.14. The number of rotatable bonds is 1. The third-order valence-electron chi connectivity index (χ3n) is 4.52. The summed E-state index contributed by atoms with van der Waals surface area (Å²) < 4.78 is 0. The smallest absolute Gasteiger partial charge is 0.318 e. The summed E-state index contributed by atoms with van der Waals surface area (Å²) in [5, 5.41) is 10.4. The van der Waals surface area contributed by atoms with Crippen molar-refractivity contribution in [2.24, 2.45) is 0 Å². The van der Waals surface area contributed by atoms with Crippen LogP contribution in [0.25, 0.3) is 0 Å². The van der Waals surface area contributed by atoms with E-state index in [1.54, 1.807) is 0 Å². The molecule has 0 fully saturated rings. The molecule has 3 heteroatoms. The van der Waals surface area contributed by atoms with Crippen molar-refractivity contribution in [1.29, 1.82) is 0 Å². The second-order valence-corrected chi connectivity index (χ2v) is 5.72. The lowest BCUT2D eigenvalue weighted by Gasteiger charge is -2.27. The highest BCUT2D eigenvalue weighted by Crippen LogP contribution is 2.60. The summed E-state index contributed by atoms with van der Waals surface area (Å²) in [7, 11) is 0. The van der Waals surface area contributed by atoms with Crippen LogP contribution in [0.5, 0.6) is 0 Å². The second-order valence-electron chi connectivity index (χ2n) is 5.29. The van der Waals surface area contributed by atoms with E-state index in [2.05, 4.69) is 0 Å². The summed E-state index contributed by atoms with van der Waals surface area (Å²) in [6.07, 6.45) is 0.622. The standard InChI is InChI=1S/C16H11ClO2/c17-9-5-6-11-12-8-16(15(18)19,14(11)7-9)13-4-2-1-3-10(12)13/h1-7,12H,8H2,(H,18,19)/t12-,16?/m1/s1. The van der Waals surface area contributed by atoms with Gasteiger partial charge in [0, 0.05) is 10.9 Å². The van der Waals surface area contributed by atoms with E-state index in [9.17, 15) is 9.90 Å². The summed E-state index contributed by atoms with van der Waals surface area (Å²) >= 11 is 6.06. The molecule has 1 unspecified atom stereocenters. The monoisotopic (exact) mass is 270 g/mol. The molecule has 0 radical (unpaired) electrons. The molecule has 0 aliphatic heterocycles. The van der Waals surface area contributed by atoms with Crippen molar-refractivity contribution in [3.05, 3.63) is 69.7 Å². The molecule has 2 atom stereocenters. The number of hydrogen-bond acceptors (Lipinski definition) is 1. The Hall–Kier alpha value is -1.80. The highest BCUT2D eigenvalue weighted by molar-refractivity contribution is 6.30. The van der Waals surface area contributed by atoms with Gasteiger partial charge in [-0.3, -0.25) is 4.79 Å². The van der Waals surface area contributed by atoms with Crippen LogP contribution in [0.4, 0.5) is 0 Å². The van der Waals surface area contributed by atoms with Gasteiger partial charge in [-0.15, -0.1) is 0 Å². The number of halogens is 1. The number of carboxylic acids is 1. The average molecular weight is 271 g/mol. The van der Waals surface area contributed by atoms with Crippen LogP contribution in [0.3, 0.4) is 0 Å². The van der Waals surface area contributed by atoms with Crippen molar-refractivity contribution in [3.8, 4) is 0 Å². The van der Waals surface area contributed by atoms with Crippen LogP contribution in [0.1, 0.15) is 34.6 Å². The van der Waals surface area contributed by atoms with Gasteiger partial charge >= 0.3 is 5.97 Å². The average Bonchev–Trinajstić information content (AvgIpc) is 2.92. The van der Waals surface area contributed by atoms with Crippen molar-refractivity contribution in [3.63, 3.8) is 0 Å². The van der Waals surface area contributed by atoms with E-state index < -0.39 is 11.4 Å². The van der Waals surface area contributed by atoms with Crippen LogP contribution in [-0.4, -0.2) is 11.1 Å². The zero-order chi connectivity index (χ0) is 13.2. The minimum absolute atomic E-state index is 0.194. The zero-order valence-corrected chi connectivity index (χ0v) is 10.8. The molecule has 4 rings (SSSR count). The Morgan fingerprint density at radius 3 is 2.68 bits per heavy atom. The van der Waals surface area contributed by atoms with Gasteiger partial charge in [0.05, 0.1) is 0 Å². The molecule has 2 bridgehead atoms. The van der Waals surface area contributed by atoms with Crippen molar-refractivity contribution >= 4 is 17.6 Å². The summed E-state index contributed by atoms with van der Waals surface area (Å²) in [5.74, 6) is -0.581. The van der Waals surface area contributed by atoms with Crippen molar-refractivity contribution in [2.45, 2.75) is 17.8 Å². The fraction of sp³-hybridized carbons (Fsp3) is 0.188. The van der Waals surface area contributed by atoms with Gasteiger partial charge in [0.1, 0.15) is 5.41 Å². The van der Waals surface area contributed by atoms with Crippen LogP contribution in [0, 0.1) is 0 Å². The largest absolute Gasteiger partial charge is 0.480 e. The number of carbonyl (C=O) groups is 1. The second kappa shape index (κ2) is 3.40. The molecule has 0 saturated heterocycles. The van der Waals surface area contributed by atoms with Gasteiger partial charge in [-0.25, -0.2) is 0 Å². The van der Waals surface area contributed by atoms with Gasteiger partial charge in [-0.05, 0) is 40.8 Å². The maximum absolute atomic E-state index is 12.0. The van der Waals surface area contributed by atoms with E-state index in [1.807, 2.05) is 42.5 Å². The third kappa shape index (κ3) is 1.15. The van der Waals surface area contributed by atoms with Gasteiger partial charge < -0.3 is 5.11 Å². The van der Waals surface area contributed by atoms with E-state index in [4.69, 9.17) is 11.6 Å².